The molecule has 64 valence electrons. The van der Waals surface area contributed by atoms with Crippen LogP contribution in [0.25, 0.3) is 0 Å². The van der Waals surface area contributed by atoms with Gasteiger partial charge in [-0.3, -0.25) is 0 Å². The summed E-state index contributed by atoms with van der Waals surface area (Å²) in [5.74, 6) is 1.95. The van der Waals surface area contributed by atoms with Gasteiger partial charge in [-0.2, -0.15) is 0 Å². The molecule has 2 atom stereocenters. The van der Waals surface area contributed by atoms with E-state index in [1.54, 1.807) is 0 Å². The minimum atomic E-state index is 0.782. The van der Waals surface area contributed by atoms with E-state index in [4.69, 9.17) is 0 Å². The monoisotopic (exact) mass is 153 g/mol. The van der Waals surface area contributed by atoms with E-state index in [1.807, 2.05) is 0 Å². The van der Waals surface area contributed by atoms with Gasteiger partial charge in [0.2, 0.25) is 0 Å². The summed E-state index contributed by atoms with van der Waals surface area (Å²) in [6.07, 6.45) is 4.42. The lowest BCUT2D eigenvalue weighted by molar-refractivity contribution is 0.408. The van der Waals surface area contributed by atoms with E-state index in [9.17, 15) is 0 Å². The summed E-state index contributed by atoms with van der Waals surface area (Å²) in [5.41, 5.74) is 0.782. The van der Waals surface area contributed by atoms with Crippen LogP contribution in [0, 0.1) is 17.3 Å². The zero-order valence-electron chi connectivity index (χ0n) is 7.69. The molecular weight excluding hydrogens is 134 g/mol. The smallest absolute Gasteiger partial charge is 0.00112 e. The Labute approximate surface area is 69.6 Å². The van der Waals surface area contributed by atoms with Gasteiger partial charge in [-0.05, 0) is 36.6 Å². The summed E-state index contributed by atoms with van der Waals surface area (Å²) >= 11 is 0. The predicted octanol–water partition coefficient (Wildman–Crippen LogP) is 2.03. The van der Waals surface area contributed by atoms with Crippen molar-refractivity contribution in [3.63, 3.8) is 0 Å². The van der Waals surface area contributed by atoms with Crippen LogP contribution < -0.4 is 5.32 Å². The zero-order valence-corrected chi connectivity index (χ0v) is 7.69. The second-order valence-corrected chi connectivity index (χ2v) is 4.83. The van der Waals surface area contributed by atoms with Crippen LogP contribution in [0.4, 0.5) is 0 Å². The van der Waals surface area contributed by atoms with Gasteiger partial charge in [-0.1, -0.05) is 20.3 Å². The van der Waals surface area contributed by atoms with E-state index >= 15 is 0 Å². The van der Waals surface area contributed by atoms with E-state index in [-0.39, 0.29) is 0 Å². The van der Waals surface area contributed by atoms with Crippen molar-refractivity contribution in [2.45, 2.75) is 33.1 Å². The molecule has 0 bridgehead atoms. The molecule has 1 N–H and O–H groups in total. The fraction of sp³-hybridized carbons (Fsp3) is 1.00. The first-order valence-electron chi connectivity index (χ1n) is 4.94. The van der Waals surface area contributed by atoms with Crippen LogP contribution in [0.1, 0.15) is 33.1 Å². The second-order valence-electron chi connectivity index (χ2n) is 4.83. The largest absolute Gasteiger partial charge is 0.316 e. The number of hydrogen-bond donors (Lipinski definition) is 1. The standard InChI is InChI=1S/C10H19N/c1-8(2)3-4-10-5-9(10)6-11-7-10/h8-9,11H,3-7H2,1-2H3. The fourth-order valence-corrected chi connectivity index (χ4v) is 2.40. The lowest BCUT2D eigenvalue weighted by atomic mass is 9.95. The maximum Gasteiger partial charge on any atom is 0.00112 e. The molecule has 1 heteroatoms. The van der Waals surface area contributed by atoms with Crippen LogP contribution >= 0.6 is 0 Å². The summed E-state index contributed by atoms with van der Waals surface area (Å²) in [7, 11) is 0. The third-order valence-electron chi connectivity index (χ3n) is 3.45. The van der Waals surface area contributed by atoms with Crippen molar-refractivity contribution in [3.05, 3.63) is 0 Å². The molecule has 1 saturated heterocycles. The lowest BCUT2D eigenvalue weighted by Gasteiger charge is -2.12. The number of hydrogen-bond acceptors (Lipinski definition) is 1. The highest BCUT2D eigenvalue weighted by Gasteiger charge is 2.55. The fourth-order valence-electron chi connectivity index (χ4n) is 2.40. The SMILES string of the molecule is CC(C)CCC12CNCC1C2. The van der Waals surface area contributed by atoms with Crippen molar-refractivity contribution >= 4 is 0 Å². The third kappa shape index (κ3) is 1.31. The van der Waals surface area contributed by atoms with Crippen molar-refractivity contribution < 1.29 is 0 Å². The molecular formula is C10H19N. The Morgan fingerprint density at radius 1 is 1.55 bits per heavy atom. The third-order valence-corrected chi connectivity index (χ3v) is 3.45. The molecule has 0 aromatic carbocycles. The molecule has 1 heterocycles. The number of piperidine rings is 1. The van der Waals surface area contributed by atoms with Crippen molar-refractivity contribution in [3.8, 4) is 0 Å². The van der Waals surface area contributed by atoms with Gasteiger partial charge >= 0.3 is 0 Å². The highest BCUT2D eigenvalue weighted by atomic mass is 15.0. The molecule has 2 rings (SSSR count). The van der Waals surface area contributed by atoms with Gasteiger partial charge in [0.15, 0.2) is 0 Å². The van der Waals surface area contributed by atoms with E-state index in [0.717, 1.165) is 17.3 Å². The summed E-state index contributed by atoms with van der Waals surface area (Å²) < 4.78 is 0. The maximum atomic E-state index is 3.49. The summed E-state index contributed by atoms with van der Waals surface area (Å²) in [6.45, 7) is 7.27. The predicted molar refractivity (Wildman–Crippen MR) is 47.5 cm³/mol. The van der Waals surface area contributed by atoms with E-state index < -0.39 is 0 Å². The van der Waals surface area contributed by atoms with Crippen molar-refractivity contribution in [1.29, 1.82) is 0 Å². The number of rotatable bonds is 3. The highest BCUT2D eigenvalue weighted by Crippen LogP contribution is 2.58. The van der Waals surface area contributed by atoms with Crippen LogP contribution in [0.3, 0.4) is 0 Å². The molecule has 2 aliphatic rings. The molecule has 1 nitrogen and oxygen atoms in total. The summed E-state index contributed by atoms with van der Waals surface area (Å²) in [4.78, 5) is 0. The van der Waals surface area contributed by atoms with Crippen LogP contribution in [0.15, 0.2) is 0 Å². The molecule has 11 heavy (non-hydrogen) atoms. The zero-order chi connectivity index (χ0) is 7.90. The minimum absolute atomic E-state index is 0.782. The molecule has 0 aromatic heterocycles. The molecule has 1 saturated carbocycles. The Bertz CT molecular complexity index is 153. The molecule has 1 aliphatic carbocycles. The van der Waals surface area contributed by atoms with Crippen LogP contribution in [0.2, 0.25) is 0 Å². The normalized spacial score (nSPS) is 41.2. The first kappa shape index (κ1) is 7.60. The summed E-state index contributed by atoms with van der Waals surface area (Å²) in [5, 5.41) is 3.49. The molecule has 2 unspecified atom stereocenters. The molecule has 0 spiro atoms. The Morgan fingerprint density at radius 3 is 2.82 bits per heavy atom. The maximum absolute atomic E-state index is 3.49. The van der Waals surface area contributed by atoms with Gasteiger partial charge in [-0.15, -0.1) is 0 Å². The average molecular weight is 153 g/mol. The van der Waals surface area contributed by atoms with Crippen molar-refractivity contribution in [1.82, 2.24) is 5.32 Å². The van der Waals surface area contributed by atoms with Crippen LogP contribution in [0.5, 0.6) is 0 Å². The van der Waals surface area contributed by atoms with E-state index in [2.05, 4.69) is 19.2 Å². The Morgan fingerprint density at radius 2 is 2.36 bits per heavy atom. The van der Waals surface area contributed by atoms with Gasteiger partial charge in [0.05, 0.1) is 0 Å². The van der Waals surface area contributed by atoms with E-state index in [0.29, 0.717) is 0 Å². The Balaban J connectivity index is 1.78. The topological polar surface area (TPSA) is 12.0 Å². The molecule has 2 fully saturated rings. The van der Waals surface area contributed by atoms with Gasteiger partial charge < -0.3 is 5.32 Å². The van der Waals surface area contributed by atoms with Gasteiger partial charge in [0.25, 0.3) is 0 Å². The Hall–Kier alpha value is -0.0400. The van der Waals surface area contributed by atoms with Crippen molar-refractivity contribution in [2.24, 2.45) is 17.3 Å². The summed E-state index contributed by atoms with van der Waals surface area (Å²) in [6, 6.07) is 0. The number of nitrogens with one attached hydrogen (secondary N) is 1. The van der Waals surface area contributed by atoms with E-state index in [1.165, 1.54) is 32.4 Å². The number of fused-ring (bicyclic) bond motifs is 1. The lowest BCUT2D eigenvalue weighted by Crippen LogP contribution is -2.16. The average Bonchev–Trinajstić information content (AvgIpc) is 2.52. The van der Waals surface area contributed by atoms with Gasteiger partial charge in [0, 0.05) is 6.54 Å². The molecule has 1 aliphatic heterocycles. The quantitative estimate of drug-likeness (QED) is 0.654. The molecule has 0 amide bonds. The highest BCUT2D eigenvalue weighted by molar-refractivity contribution is 5.08. The first-order valence-corrected chi connectivity index (χ1v) is 4.94. The van der Waals surface area contributed by atoms with Crippen molar-refractivity contribution in [2.75, 3.05) is 13.1 Å². The van der Waals surface area contributed by atoms with Crippen LogP contribution in [-0.2, 0) is 0 Å². The second kappa shape index (κ2) is 2.48. The van der Waals surface area contributed by atoms with Crippen LogP contribution in [-0.4, -0.2) is 13.1 Å². The first-order chi connectivity index (χ1) is 5.23. The van der Waals surface area contributed by atoms with Gasteiger partial charge in [-0.25, -0.2) is 0 Å². The minimum Gasteiger partial charge on any atom is -0.316 e. The molecule has 0 aromatic rings. The molecule has 0 radical (unpaired) electrons. The Kier molecular flexibility index (Phi) is 1.71. The van der Waals surface area contributed by atoms with Gasteiger partial charge in [0.1, 0.15) is 0 Å².